The summed E-state index contributed by atoms with van der Waals surface area (Å²) < 4.78 is 5.84. The lowest BCUT2D eigenvalue weighted by Crippen LogP contribution is -2.53. The van der Waals surface area contributed by atoms with Crippen molar-refractivity contribution in [2.45, 2.75) is 39.4 Å². The van der Waals surface area contributed by atoms with Gasteiger partial charge in [0.2, 0.25) is 0 Å². The Bertz CT molecular complexity index is 488. The van der Waals surface area contributed by atoms with Crippen LogP contribution < -0.4 is 5.32 Å². The minimum atomic E-state index is -0.312. The highest BCUT2D eigenvalue weighted by atomic mass is 16.5. The number of hydrogen-bond donors (Lipinski definition) is 1. The van der Waals surface area contributed by atoms with Crippen molar-refractivity contribution in [2.75, 3.05) is 25.0 Å². The van der Waals surface area contributed by atoms with Crippen LogP contribution in [0.2, 0.25) is 0 Å². The Morgan fingerprint density at radius 1 is 1.60 bits per heavy atom. The summed E-state index contributed by atoms with van der Waals surface area (Å²) in [5, 5.41) is 3.21. The number of morpholine rings is 1. The van der Waals surface area contributed by atoms with Gasteiger partial charge in [0.1, 0.15) is 0 Å². The zero-order chi connectivity index (χ0) is 14.8. The van der Waals surface area contributed by atoms with Crippen molar-refractivity contribution in [3.8, 4) is 0 Å². The highest BCUT2D eigenvalue weighted by Crippen LogP contribution is 2.24. The third-order valence-corrected chi connectivity index (χ3v) is 3.28. The Labute approximate surface area is 120 Å². The van der Waals surface area contributed by atoms with E-state index in [-0.39, 0.29) is 17.6 Å². The van der Waals surface area contributed by atoms with E-state index in [1.165, 1.54) is 0 Å². The number of carbonyl (C=O) groups is 1. The van der Waals surface area contributed by atoms with Gasteiger partial charge in [-0.25, -0.2) is 0 Å². The van der Waals surface area contributed by atoms with E-state index in [2.05, 4.69) is 10.3 Å². The monoisotopic (exact) mass is 277 g/mol. The first-order chi connectivity index (χ1) is 9.43. The van der Waals surface area contributed by atoms with Crippen LogP contribution in [0.15, 0.2) is 18.5 Å². The van der Waals surface area contributed by atoms with E-state index in [1.54, 1.807) is 12.4 Å². The van der Waals surface area contributed by atoms with Crippen LogP contribution in [0.3, 0.4) is 0 Å². The lowest BCUT2D eigenvalue weighted by atomic mass is 10.0. The maximum Gasteiger partial charge on any atom is 0.257 e. The SMILES string of the molecule is CCNc1ccncc1C(=O)N1CC(C)OC(C)(C)C1. The zero-order valence-electron chi connectivity index (χ0n) is 12.6. The molecule has 1 saturated heterocycles. The first-order valence-electron chi connectivity index (χ1n) is 7.08. The van der Waals surface area contributed by atoms with Crippen molar-refractivity contribution in [3.05, 3.63) is 24.0 Å². The summed E-state index contributed by atoms with van der Waals surface area (Å²) in [7, 11) is 0. The number of carbonyl (C=O) groups excluding carboxylic acids is 1. The Balaban J connectivity index is 2.23. The molecule has 5 nitrogen and oxygen atoms in total. The van der Waals surface area contributed by atoms with E-state index in [9.17, 15) is 4.79 Å². The van der Waals surface area contributed by atoms with E-state index in [0.717, 1.165) is 12.2 Å². The molecule has 0 saturated carbocycles. The second-order valence-corrected chi connectivity index (χ2v) is 5.83. The van der Waals surface area contributed by atoms with E-state index in [4.69, 9.17) is 4.74 Å². The largest absolute Gasteiger partial charge is 0.385 e. The number of nitrogens with one attached hydrogen (secondary N) is 1. The van der Waals surface area contributed by atoms with Gasteiger partial charge in [0.05, 0.1) is 23.0 Å². The first-order valence-corrected chi connectivity index (χ1v) is 7.08. The molecule has 1 aromatic rings. The molecule has 1 aliphatic heterocycles. The highest BCUT2D eigenvalue weighted by molar-refractivity contribution is 5.99. The fraction of sp³-hybridized carbons (Fsp3) is 0.600. The molecule has 2 heterocycles. The fourth-order valence-corrected chi connectivity index (χ4v) is 2.69. The molecular weight excluding hydrogens is 254 g/mol. The van der Waals surface area contributed by atoms with Crippen molar-refractivity contribution in [3.63, 3.8) is 0 Å². The van der Waals surface area contributed by atoms with Crippen LogP contribution in [0.5, 0.6) is 0 Å². The van der Waals surface area contributed by atoms with Crippen molar-refractivity contribution in [1.82, 2.24) is 9.88 Å². The third-order valence-electron chi connectivity index (χ3n) is 3.28. The predicted octanol–water partition coefficient (Wildman–Crippen LogP) is 2.15. The average Bonchev–Trinajstić information content (AvgIpc) is 2.36. The van der Waals surface area contributed by atoms with Crippen molar-refractivity contribution in [2.24, 2.45) is 0 Å². The summed E-state index contributed by atoms with van der Waals surface area (Å²) >= 11 is 0. The number of anilines is 1. The second-order valence-electron chi connectivity index (χ2n) is 5.83. The summed E-state index contributed by atoms with van der Waals surface area (Å²) in [6.07, 6.45) is 3.37. The number of hydrogen-bond acceptors (Lipinski definition) is 4. The van der Waals surface area contributed by atoms with Crippen molar-refractivity contribution < 1.29 is 9.53 Å². The number of amides is 1. The summed E-state index contributed by atoms with van der Waals surface area (Å²) in [6.45, 7) is 10.0. The van der Waals surface area contributed by atoms with Gasteiger partial charge in [0.25, 0.3) is 5.91 Å². The minimum absolute atomic E-state index is 0.0114. The molecule has 110 valence electrons. The smallest absolute Gasteiger partial charge is 0.257 e. The Morgan fingerprint density at radius 3 is 3.00 bits per heavy atom. The van der Waals surface area contributed by atoms with E-state index < -0.39 is 0 Å². The molecule has 0 radical (unpaired) electrons. The van der Waals surface area contributed by atoms with Gasteiger partial charge in [0, 0.05) is 32.0 Å². The van der Waals surface area contributed by atoms with Gasteiger partial charge < -0.3 is 15.0 Å². The molecule has 0 aromatic carbocycles. The molecule has 20 heavy (non-hydrogen) atoms. The van der Waals surface area contributed by atoms with Gasteiger partial charge in [-0.05, 0) is 33.8 Å². The van der Waals surface area contributed by atoms with Gasteiger partial charge in [-0.1, -0.05) is 0 Å². The van der Waals surface area contributed by atoms with Gasteiger partial charge in [-0.3, -0.25) is 9.78 Å². The molecule has 1 fully saturated rings. The summed E-state index contributed by atoms with van der Waals surface area (Å²) in [4.78, 5) is 18.7. The number of rotatable bonds is 3. The Hall–Kier alpha value is -1.62. The van der Waals surface area contributed by atoms with Crippen LogP contribution in [0.25, 0.3) is 0 Å². The molecule has 0 spiro atoms. The molecule has 1 aromatic heterocycles. The summed E-state index contributed by atoms with van der Waals surface area (Å²) in [6, 6.07) is 1.84. The predicted molar refractivity (Wildman–Crippen MR) is 78.9 cm³/mol. The van der Waals surface area contributed by atoms with E-state index in [1.807, 2.05) is 38.7 Å². The van der Waals surface area contributed by atoms with Gasteiger partial charge in [0.15, 0.2) is 0 Å². The molecule has 1 aliphatic rings. The van der Waals surface area contributed by atoms with Crippen LogP contribution in [-0.4, -0.2) is 47.1 Å². The molecule has 1 atom stereocenters. The van der Waals surface area contributed by atoms with E-state index in [0.29, 0.717) is 18.7 Å². The zero-order valence-corrected chi connectivity index (χ0v) is 12.6. The summed E-state index contributed by atoms with van der Waals surface area (Å²) in [5.41, 5.74) is 1.15. The van der Waals surface area contributed by atoms with Crippen LogP contribution in [0, 0.1) is 0 Å². The normalized spacial score (nSPS) is 21.6. The van der Waals surface area contributed by atoms with Crippen LogP contribution >= 0.6 is 0 Å². The number of aromatic nitrogens is 1. The average molecular weight is 277 g/mol. The molecule has 5 heteroatoms. The topological polar surface area (TPSA) is 54.5 Å². The third kappa shape index (κ3) is 3.28. The molecular formula is C15H23N3O2. The quantitative estimate of drug-likeness (QED) is 0.920. The number of pyridine rings is 1. The molecule has 1 unspecified atom stereocenters. The van der Waals surface area contributed by atoms with Gasteiger partial charge >= 0.3 is 0 Å². The lowest BCUT2D eigenvalue weighted by molar-refractivity contribution is -0.118. The van der Waals surface area contributed by atoms with Crippen molar-refractivity contribution >= 4 is 11.6 Å². The van der Waals surface area contributed by atoms with Crippen molar-refractivity contribution in [1.29, 1.82) is 0 Å². The van der Waals surface area contributed by atoms with Crippen LogP contribution in [-0.2, 0) is 4.74 Å². The summed E-state index contributed by atoms with van der Waals surface area (Å²) in [5.74, 6) is 0.0114. The molecule has 0 bridgehead atoms. The fourth-order valence-electron chi connectivity index (χ4n) is 2.69. The molecule has 1 amide bonds. The highest BCUT2D eigenvalue weighted by Gasteiger charge is 2.34. The van der Waals surface area contributed by atoms with E-state index >= 15 is 0 Å². The minimum Gasteiger partial charge on any atom is -0.385 e. The molecule has 0 aliphatic carbocycles. The number of nitrogens with zero attached hydrogens (tertiary/aromatic N) is 2. The maximum absolute atomic E-state index is 12.7. The lowest BCUT2D eigenvalue weighted by Gasteiger charge is -2.41. The maximum atomic E-state index is 12.7. The number of ether oxygens (including phenoxy) is 1. The second kappa shape index (κ2) is 5.79. The van der Waals surface area contributed by atoms with Gasteiger partial charge in [-0.15, -0.1) is 0 Å². The Morgan fingerprint density at radius 2 is 2.35 bits per heavy atom. The van der Waals surface area contributed by atoms with Crippen LogP contribution in [0.1, 0.15) is 38.1 Å². The standard InChI is InChI=1S/C15H23N3O2/c1-5-17-13-6-7-16-8-12(13)14(19)18-9-11(2)20-15(3,4)10-18/h6-8,11H,5,9-10H2,1-4H3,(H,16,17). The Kier molecular flexibility index (Phi) is 4.28. The molecule has 1 N–H and O–H groups in total. The van der Waals surface area contributed by atoms with Crippen LogP contribution in [0.4, 0.5) is 5.69 Å². The first kappa shape index (κ1) is 14.8. The molecule has 2 rings (SSSR count). The van der Waals surface area contributed by atoms with Gasteiger partial charge in [-0.2, -0.15) is 0 Å².